The Morgan fingerprint density at radius 1 is 1.29 bits per heavy atom. The molecule has 68 valence electrons. The first-order valence-electron chi connectivity index (χ1n) is 4.04. The quantitative estimate of drug-likeness (QED) is 0.660. The molecule has 0 saturated heterocycles. The maximum atomic E-state index is 8.73. The number of hydrogen-bond donors (Lipinski definition) is 0. The van der Waals surface area contributed by atoms with Gasteiger partial charge in [-0.1, -0.05) is 0 Å². The molecule has 0 saturated carbocycles. The maximum absolute atomic E-state index is 8.73. The topological polar surface area (TPSA) is 67.4 Å². The summed E-state index contributed by atoms with van der Waals surface area (Å²) in [5.74, 6) is 0.749. The second-order valence-corrected chi connectivity index (χ2v) is 2.79. The van der Waals surface area contributed by atoms with Crippen molar-refractivity contribution in [1.29, 1.82) is 5.26 Å². The molecule has 0 bridgehead atoms. The zero-order chi connectivity index (χ0) is 9.97. The molecule has 0 radical (unpaired) electrons. The van der Waals surface area contributed by atoms with E-state index in [9.17, 15) is 0 Å². The summed E-state index contributed by atoms with van der Waals surface area (Å²) in [6.45, 7) is 1.91. The number of aromatic nitrogens is 4. The Hall–Kier alpha value is -2.22. The Morgan fingerprint density at radius 2 is 2.00 bits per heavy atom. The molecule has 0 aliphatic carbocycles. The molecule has 0 aliphatic heterocycles. The molecule has 2 heterocycles. The maximum Gasteiger partial charge on any atom is 0.235 e. The smallest absolute Gasteiger partial charge is 0.235 e. The fraction of sp³-hybridized carbons (Fsp3) is 0.111. The van der Waals surface area contributed by atoms with E-state index in [0.29, 0.717) is 5.95 Å². The normalized spacial score (nSPS) is 9.71. The number of nitrogens with zero attached hydrogens (tertiary/aromatic N) is 5. The molecule has 0 aliphatic rings. The molecule has 0 amide bonds. The molecule has 0 atom stereocenters. The SMILES string of the molecule is Cc1cnc(-n2ccnc2C#N)nc1. The number of nitriles is 1. The molecule has 2 rings (SSSR count). The van der Waals surface area contributed by atoms with Gasteiger partial charge in [0, 0.05) is 24.8 Å². The van der Waals surface area contributed by atoms with Crippen LogP contribution in [-0.2, 0) is 0 Å². The average molecular weight is 185 g/mol. The summed E-state index contributed by atoms with van der Waals surface area (Å²) in [5, 5.41) is 8.73. The van der Waals surface area contributed by atoms with Crippen molar-refractivity contribution < 1.29 is 0 Å². The third-order valence-electron chi connectivity index (χ3n) is 1.72. The van der Waals surface area contributed by atoms with Crippen molar-refractivity contribution in [3.05, 3.63) is 36.2 Å². The van der Waals surface area contributed by atoms with Crippen LogP contribution < -0.4 is 0 Å². The predicted octanol–water partition coefficient (Wildman–Crippen LogP) is 0.842. The van der Waals surface area contributed by atoms with Crippen molar-refractivity contribution in [1.82, 2.24) is 19.5 Å². The lowest BCUT2D eigenvalue weighted by Gasteiger charge is -2.00. The minimum absolute atomic E-state index is 0.286. The van der Waals surface area contributed by atoms with Gasteiger partial charge in [0.05, 0.1) is 0 Å². The van der Waals surface area contributed by atoms with Crippen LogP contribution in [0.5, 0.6) is 0 Å². The van der Waals surface area contributed by atoms with Crippen LogP contribution in [0.15, 0.2) is 24.8 Å². The number of hydrogen-bond acceptors (Lipinski definition) is 4. The highest BCUT2D eigenvalue weighted by molar-refractivity contribution is 5.23. The third-order valence-corrected chi connectivity index (χ3v) is 1.72. The van der Waals surface area contributed by atoms with Crippen LogP contribution in [0.3, 0.4) is 0 Å². The van der Waals surface area contributed by atoms with E-state index in [1.807, 2.05) is 13.0 Å². The second kappa shape index (κ2) is 3.26. The van der Waals surface area contributed by atoms with Gasteiger partial charge in [0.15, 0.2) is 0 Å². The molecular formula is C9H7N5. The van der Waals surface area contributed by atoms with Crippen molar-refractivity contribution in [3.8, 4) is 12.0 Å². The fourth-order valence-corrected chi connectivity index (χ4v) is 1.06. The molecule has 0 aromatic carbocycles. The van der Waals surface area contributed by atoms with E-state index >= 15 is 0 Å². The molecule has 2 aromatic heterocycles. The van der Waals surface area contributed by atoms with E-state index in [1.54, 1.807) is 29.4 Å². The van der Waals surface area contributed by atoms with E-state index in [2.05, 4.69) is 15.0 Å². The van der Waals surface area contributed by atoms with Crippen molar-refractivity contribution in [2.45, 2.75) is 6.92 Å². The van der Waals surface area contributed by atoms with Gasteiger partial charge in [-0.25, -0.2) is 15.0 Å². The molecule has 14 heavy (non-hydrogen) atoms. The first-order valence-corrected chi connectivity index (χ1v) is 4.04. The van der Waals surface area contributed by atoms with Crippen LogP contribution in [0.25, 0.3) is 5.95 Å². The van der Waals surface area contributed by atoms with E-state index in [0.717, 1.165) is 5.56 Å². The van der Waals surface area contributed by atoms with Gasteiger partial charge in [0.25, 0.3) is 0 Å². The monoisotopic (exact) mass is 185 g/mol. The van der Waals surface area contributed by atoms with Gasteiger partial charge in [-0.05, 0) is 12.5 Å². The molecule has 5 heteroatoms. The van der Waals surface area contributed by atoms with E-state index in [1.165, 1.54) is 0 Å². The van der Waals surface area contributed by atoms with Gasteiger partial charge in [-0.3, -0.25) is 4.57 Å². The summed E-state index contributed by atoms with van der Waals surface area (Å²) < 4.78 is 1.54. The third kappa shape index (κ3) is 1.33. The Morgan fingerprint density at radius 3 is 2.64 bits per heavy atom. The van der Waals surface area contributed by atoms with Crippen LogP contribution in [0.1, 0.15) is 11.4 Å². The fourth-order valence-electron chi connectivity index (χ4n) is 1.06. The Balaban J connectivity index is 2.50. The number of imidazole rings is 1. The van der Waals surface area contributed by atoms with Gasteiger partial charge >= 0.3 is 0 Å². The molecular weight excluding hydrogens is 178 g/mol. The van der Waals surface area contributed by atoms with Crippen LogP contribution >= 0.6 is 0 Å². The number of rotatable bonds is 1. The van der Waals surface area contributed by atoms with Crippen LogP contribution in [0.4, 0.5) is 0 Å². The van der Waals surface area contributed by atoms with Gasteiger partial charge in [-0.2, -0.15) is 5.26 Å². The summed E-state index contributed by atoms with van der Waals surface area (Å²) in [6.07, 6.45) is 6.60. The van der Waals surface area contributed by atoms with Gasteiger partial charge < -0.3 is 0 Å². The van der Waals surface area contributed by atoms with Crippen molar-refractivity contribution in [3.63, 3.8) is 0 Å². The minimum Gasteiger partial charge on any atom is -0.259 e. The van der Waals surface area contributed by atoms with Crippen LogP contribution in [-0.4, -0.2) is 19.5 Å². The largest absolute Gasteiger partial charge is 0.259 e. The highest BCUT2D eigenvalue weighted by Gasteiger charge is 2.04. The zero-order valence-electron chi connectivity index (χ0n) is 7.55. The second-order valence-electron chi connectivity index (χ2n) is 2.79. The molecule has 5 nitrogen and oxygen atoms in total. The first kappa shape index (κ1) is 8.38. The standard InChI is InChI=1S/C9H7N5/c1-7-5-12-9(13-6-7)14-3-2-11-8(14)4-10/h2-3,5-6H,1H3. The molecule has 2 aromatic rings. The number of aryl methyl sites for hydroxylation is 1. The lowest BCUT2D eigenvalue weighted by atomic mass is 10.4. The summed E-state index contributed by atoms with van der Waals surface area (Å²) in [5.41, 5.74) is 0.979. The van der Waals surface area contributed by atoms with Gasteiger partial charge in [0.1, 0.15) is 6.07 Å². The van der Waals surface area contributed by atoms with E-state index in [-0.39, 0.29) is 5.82 Å². The van der Waals surface area contributed by atoms with Crippen molar-refractivity contribution >= 4 is 0 Å². The van der Waals surface area contributed by atoms with Crippen molar-refractivity contribution in [2.24, 2.45) is 0 Å². The summed E-state index contributed by atoms with van der Waals surface area (Å²) in [7, 11) is 0. The average Bonchev–Trinajstić information content (AvgIpc) is 2.67. The lowest BCUT2D eigenvalue weighted by molar-refractivity contribution is 0.901. The Bertz CT molecular complexity index is 477. The summed E-state index contributed by atoms with van der Waals surface area (Å²) in [6, 6.07) is 1.96. The highest BCUT2D eigenvalue weighted by Crippen LogP contribution is 2.03. The van der Waals surface area contributed by atoms with E-state index in [4.69, 9.17) is 5.26 Å². The van der Waals surface area contributed by atoms with Gasteiger partial charge in [-0.15, -0.1) is 0 Å². The summed E-state index contributed by atoms with van der Waals surface area (Å²) in [4.78, 5) is 12.0. The first-order chi connectivity index (χ1) is 6.81. The Labute approximate surface area is 80.7 Å². The highest BCUT2D eigenvalue weighted by atomic mass is 15.2. The zero-order valence-corrected chi connectivity index (χ0v) is 7.55. The minimum atomic E-state index is 0.286. The van der Waals surface area contributed by atoms with Crippen molar-refractivity contribution in [2.75, 3.05) is 0 Å². The molecule has 0 unspecified atom stereocenters. The van der Waals surface area contributed by atoms with Gasteiger partial charge in [0.2, 0.25) is 11.8 Å². The molecule has 0 N–H and O–H groups in total. The Kier molecular flexibility index (Phi) is 1.95. The molecule has 0 fully saturated rings. The van der Waals surface area contributed by atoms with Crippen LogP contribution in [0, 0.1) is 18.3 Å². The summed E-state index contributed by atoms with van der Waals surface area (Å²) >= 11 is 0. The van der Waals surface area contributed by atoms with Crippen LogP contribution in [0.2, 0.25) is 0 Å². The predicted molar refractivity (Wildman–Crippen MR) is 48.6 cm³/mol. The lowest BCUT2D eigenvalue weighted by Crippen LogP contribution is -2.02. The molecule has 0 spiro atoms. The van der Waals surface area contributed by atoms with E-state index < -0.39 is 0 Å².